The van der Waals surface area contributed by atoms with Gasteiger partial charge >= 0.3 is 0 Å². The van der Waals surface area contributed by atoms with Gasteiger partial charge in [0.2, 0.25) is 5.91 Å². The van der Waals surface area contributed by atoms with E-state index < -0.39 is 5.91 Å². The fourth-order valence-corrected chi connectivity index (χ4v) is 1.83. The van der Waals surface area contributed by atoms with Crippen molar-refractivity contribution in [3.8, 4) is 11.5 Å². The maximum Gasteiger partial charge on any atom is 0.251 e. The molecule has 0 spiro atoms. The van der Waals surface area contributed by atoms with Gasteiger partial charge in [-0.1, -0.05) is 18.2 Å². The first kappa shape index (κ1) is 15.4. The van der Waals surface area contributed by atoms with Crippen molar-refractivity contribution in [3.05, 3.63) is 54.1 Å². The molecule has 2 aromatic carbocycles. The topological polar surface area (TPSA) is 87.7 Å². The minimum atomic E-state index is -0.395. The third-order valence-electron chi connectivity index (χ3n) is 2.91. The summed E-state index contributed by atoms with van der Waals surface area (Å²) in [6, 6.07) is 13.1. The number of nitrogens with one attached hydrogen (secondary N) is 2. The zero-order valence-electron chi connectivity index (χ0n) is 12.0. The lowest BCUT2D eigenvalue weighted by Gasteiger charge is -2.09. The van der Waals surface area contributed by atoms with Crippen molar-refractivity contribution in [2.75, 3.05) is 19.0 Å². The van der Waals surface area contributed by atoms with Crippen molar-refractivity contribution >= 4 is 17.5 Å². The second kappa shape index (κ2) is 7.12. The molecule has 0 heterocycles. The van der Waals surface area contributed by atoms with Gasteiger partial charge in [0.1, 0.15) is 0 Å². The maximum atomic E-state index is 11.8. The molecule has 2 amide bonds. The van der Waals surface area contributed by atoms with Crippen LogP contribution in [0.25, 0.3) is 0 Å². The van der Waals surface area contributed by atoms with Crippen LogP contribution in [0.5, 0.6) is 11.5 Å². The second-order valence-electron chi connectivity index (χ2n) is 4.48. The summed E-state index contributed by atoms with van der Waals surface area (Å²) in [6.07, 6.45) is 0. The normalized spacial score (nSPS) is 9.86. The summed E-state index contributed by atoms with van der Waals surface area (Å²) in [5, 5.41) is 14.7. The fourth-order valence-electron chi connectivity index (χ4n) is 1.83. The van der Waals surface area contributed by atoms with Crippen LogP contribution in [-0.2, 0) is 4.79 Å². The average molecular weight is 300 g/mol. The summed E-state index contributed by atoms with van der Waals surface area (Å²) in [5.74, 6) is -0.480. The number of rotatable bonds is 5. The van der Waals surface area contributed by atoms with E-state index in [0.717, 1.165) is 0 Å². The van der Waals surface area contributed by atoms with Gasteiger partial charge in [-0.3, -0.25) is 9.59 Å². The molecule has 0 saturated heterocycles. The van der Waals surface area contributed by atoms with Crippen LogP contribution in [0, 0.1) is 0 Å². The van der Waals surface area contributed by atoms with E-state index in [0.29, 0.717) is 17.0 Å². The highest BCUT2D eigenvalue weighted by molar-refractivity contribution is 5.99. The quantitative estimate of drug-likeness (QED) is 0.785. The van der Waals surface area contributed by atoms with Crippen LogP contribution in [0.1, 0.15) is 10.4 Å². The molecule has 6 heteroatoms. The third-order valence-corrected chi connectivity index (χ3v) is 2.91. The minimum absolute atomic E-state index is 0.0754. The Morgan fingerprint density at radius 2 is 1.86 bits per heavy atom. The van der Waals surface area contributed by atoms with E-state index in [1.54, 1.807) is 36.4 Å². The van der Waals surface area contributed by atoms with Gasteiger partial charge in [0, 0.05) is 17.3 Å². The summed E-state index contributed by atoms with van der Waals surface area (Å²) in [4.78, 5) is 23.6. The van der Waals surface area contributed by atoms with Gasteiger partial charge in [-0.2, -0.15) is 0 Å². The van der Waals surface area contributed by atoms with E-state index in [2.05, 4.69) is 10.6 Å². The Kier molecular flexibility index (Phi) is 4.98. The number of hydrogen-bond donors (Lipinski definition) is 3. The number of methoxy groups -OCH3 is 1. The van der Waals surface area contributed by atoms with Crippen LogP contribution in [0.3, 0.4) is 0 Å². The van der Waals surface area contributed by atoms with Gasteiger partial charge in [0.05, 0.1) is 13.7 Å². The van der Waals surface area contributed by atoms with Gasteiger partial charge < -0.3 is 20.5 Å². The molecule has 3 N–H and O–H groups in total. The Morgan fingerprint density at radius 3 is 2.50 bits per heavy atom. The molecule has 0 radical (unpaired) electrons. The number of carbonyl (C=O) groups is 2. The number of aromatic hydroxyl groups is 1. The zero-order chi connectivity index (χ0) is 15.9. The monoisotopic (exact) mass is 300 g/mol. The second-order valence-corrected chi connectivity index (χ2v) is 4.48. The Labute approximate surface area is 127 Å². The van der Waals surface area contributed by atoms with Crippen LogP contribution in [0.15, 0.2) is 48.5 Å². The van der Waals surface area contributed by atoms with Gasteiger partial charge in [-0.05, 0) is 24.3 Å². The number of amides is 2. The van der Waals surface area contributed by atoms with E-state index in [-0.39, 0.29) is 18.2 Å². The first-order valence-corrected chi connectivity index (χ1v) is 6.60. The maximum absolute atomic E-state index is 11.8. The van der Waals surface area contributed by atoms with Crippen molar-refractivity contribution in [2.45, 2.75) is 0 Å². The highest BCUT2D eigenvalue weighted by Crippen LogP contribution is 2.28. The molecule has 0 aromatic heterocycles. The number of benzene rings is 2. The number of anilines is 1. The van der Waals surface area contributed by atoms with Crippen molar-refractivity contribution in [2.24, 2.45) is 0 Å². The highest BCUT2D eigenvalue weighted by Gasteiger charge is 2.09. The summed E-state index contributed by atoms with van der Waals surface area (Å²) in [5.41, 5.74) is 0.898. The highest BCUT2D eigenvalue weighted by atomic mass is 16.5. The Bertz CT molecular complexity index is 671. The molecule has 0 aliphatic heterocycles. The van der Waals surface area contributed by atoms with Crippen molar-refractivity contribution in [3.63, 3.8) is 0 Å². The Hall–Kier alpha value is -3.02. The predicted molar refractivity (Wildman–Crippen MR) is 82.1 cm³/mol. The molecule has 0 unspecified atom stereocenters. The molecule has 0 aliphatic rings. The minimum Gasteiger partial charge on any atom is -0.504 e. The molecule has 0 bridgehead atoms. The molecule has 0 fully saturated rings. The lowest BCUT2D eigenvalue weighted by molar-refractivity contribution is -0.115. The molecule has 6 nitrogen and oxygen atoms in total. The molecule has 114 valence electrons. The van der Waals surface area contributed by atoms with Crippen molar-refractivity contribution < 1.29 is 19.4 Å². The van der Waals surface area contributed by atoms with Crippen LogP contribution in [-0.4, -0.2) is 30.6 Å². The smallest absolute Gasteiger partial charge is 0.251 e. The molecule has 2 rings (SSSR count). The molecule has 22 heavy (non-hydrogen) atoms. The third kappa shape index (κ3) is 3.99. The van der Waals surface area contributed by atoms with Crippen LogP contribution >= 0.6 is 0 Å². The molecular formula is C16H16N2O4. The Morgan fingerprint density at radius 1 is 1.14 bits per heavy atom. The van der Waals surface area contributed by atoms with Crippen LogP contribution in [0.2, 0.25) is 0 Å². The summed E-state index contributed by atoms with van der Waals surface area (Å²) >= 11 is 0. The zero-order valence-corrected chi connectivity index (χ0v) is 12.0. The van der Waals surface area contributed by atoms with Gasteiger partial charge in [0.25, 0.3) is 5.91 Å². The van der Waals surface area contributed by atoms with E-state index in [1.165, 1.54) is 19.2 Å². The predicted octanol–water partition coefficient (Wildman–Crippen LogP) is 1.77. The van der Waals surface area contributed by atoms with Crippen LogP contribution in [0.4, 0.5) is 5.69 Å². The van der Waals surface area contributed by atoms with E-state index in [1.807, 2.05) is 0 Å². The van der Waals surface area contributed by atoms with E-state index >= 15 is 0 Å². The van der Waals surface area contributed by atoms with Gasteiger partial charge in [-0.15, -0.1) is 0 Å². The number of phenols is 1. The molecule has 0 atom stereocenters. The standard InChI is InChI=1S/C16H16N2O4/c1-22-14-8-7-12(9-13(14)19)18-15(20)10-17-16(21)11-5-3-2-4-6-11/h2-9,19H,10H2,1H3,(H,17,21)(H,18,20). The lowest BCUT2D eigenvalue weighted by atomic mass is 10.2. The van der Waals surface area contributed by atoms with E-state index in [9.17, 15) is 14.7 Å². The molecule has 0 saturated carbocycles. The molecule has 0 aliphatic carbocycles. The first-order chi connectivity index (χ1) is 10.6. The number of carbonyl (C=O) groups excluding carboxylic acids is 2. The fraction of sp³-hybridized carbons (Fsp3) is 0.125. The number of hydrogen-bond acceptors (Lipinski definition) is 4. The largest absolute Gasteiger partial charge is 0.504 e. The summed E-state index contributed by atoms with van der Waals surface area (Å²) in [7, 11) is 1.44. The summed E-state index contributed by atoms with van der Waals surface area (Å²) in [6.45, 7) is -0.166. The van der Waals surface area contributed by atoms with Gasteiger partial charge in [0.15, 0.2) is 11.5 Å². The Balaban J connectivity index is 1.88. The molecular weight excluding hydrogens is 284 g/mol. The van der Waals surface area contributed by atoms with Crippen LogP contribution < -0.4 is 15.4 Å². The average Bonchev–Trinajstić information content (AvgIpc) is 2.53. The first-order valence-electron chi connectivity index (χ1n) is 6.60. The SMILES string of the molecule is COc1ccc(NC(=O)CNC(=O)c2ccccc2)cc1O. The van der Waals surface area contributed by atoms with Crippen molar-refractivity contribution in [1.82, 2.24) is 5.32 Å². The number of ether oxygens (including phenoxy) is 1. The lowest BCUT2D eigenvalue weighted by Crippen LogP contribution is -2.32. The summed E-state index contributed by atoms with van der Waals surface area (Å²) < 4.78 is 4.91. The molecule has 2 aromatic rings. The van der Waals surface area contributed by atoms with Gasteiger partial charge in [-0.25, -0.2) is 0 Å². The van der Waals surface area contributed by atoms with E-state index in [4.69, 9.17) is 4.74 Å². The van der Waals surface area contributed by atoms with Crippen molar-refractivity contribution in [1.29, 1.82) is 0 Å². The number of phenolic OH excluding ortho intramolecular Hbond substituents is 1.